The number of anilines is 1. The molecule has 5 heteroatoms. The first-order chi connectivity index (χ1) is 10.0. The number of ether oxygens (including phenoxy) is 1. The molecule has 2 aromatic rings. The van der Waals surface area contributed by atoms with Gasteiger partial charge in [0.05, 0.1) is 11.6 Å². The second-order valence-electron chi connectivity index (χ2n) is 5.06. The number of nitrogens with one attached hydrogen (secondary N) is 1. The first-order valence-electron chi connectivity index (χ1n) is 6.61. The summed E-state index contributed by atoms with van der Waals surface area (Å²) in [6, 6.07) is 9.92. The van der Waals surface area contributed by atoms with Gasteiger partial charge in [-0.1, -0.05) is 6.07 Å². The minimum atomic E-state index is -0.953. The molecule has 108 valence electrons. The Labute approximate surface area is 121 Å². The zero-order chi connectivity index (χ0) is 15.0. The SMILES string of the molecule is Cc1ccc(C(=O)O)cc1NC1COc2cc(O)ccc21. The number of carboxylic acids is 1. The van der Waals surface area contributed by atoms with Crippen molar-refractivity contribution in [2.45, 2.75) is 13.0 Å². The lowest BCUT2D eigenvalue weighted by Crippen LogP contribution is -2.13. The summed E-state index contributed by atoms with van der Waals surface area (Å²) in [5, 5.41) is 21.8. The van der Waals surface area contributed by atoms with Crippen LogP contribution >= 0.6 is 0 Å². The van der Waals surface area contributed by atoms with Gasteiger partial charge in [0, 0.05) is 17.3 Å². The lowest BCUT2D eigenvalue weighted by Gasteiger charge is -2.16. The Hall–Kier alpha value is -2.69. The standard InChI is InChI=1S/C16H15NO4/c1-9-2-3-10(16(19)20)6-13(9)17-14-8-21-15-7-11(18)4-5-12(14)15/h2-7,14,17-18H,8H2,1H3,(H,19,20). The molecule has 0 bridgehead atoms. The van der Waals surface area contributed by atoms with Crippen LogP contribution in [0.4, 0.5) is 5.69 Å². The second kappa shape index (κ2) is 5.01. The summed E-state index contributed by atoms with van der Waals surface area (Å²) in [7, 11) is 0. The van der Waals surface area contributed by atoms with Gasteiger partial charge in [-0.3, -0.25) is 0 Å². The molecular weight excluding hydrogens is 270 g/mol. The van der Waals surface area contributed by atoms with Gasteiger partial charge in [-0.15, -0.1) is 0 Å². The van der Waals surface area contributed by atoms with Crippen LogP contribution in [0, 0.1) is 6.92 Å². The van der Waals surface area contributed by atoms with Crippen LogP contribution in [-0.4, -0.2) is 22.8 Å². The van der Waals surface area contributed by atoms with Crippen molar-refractivity contribution in [2.75, 3.05) is 11.9 Å². The molecule has 1 heterocycles. The average Bonchev–Trinajstić information content (AvgIpc) is 2.83. The number of aryl methyl sites for hydroxylation is 1. The van der Waals surface area contributed by atoms with Gasteiger partial charge in [-0.05, 0) is 36.8 Å². The van der Waals surface area contributed by atoms with Crippen LogP contribution in [0.15, 0.2) is 36.4 Å². The smallest absolute Gasteiger partial charge is 0.335 e. The molecule has 0 aliphatic carbocycles. The molecule has 2 aromatic carbocycles. The number of phenolic OH excluding ortho intramolecular Hbond substituents is 1. The number of aromatic carboxylic acids is 1. The Bertz CT molecular complexity index is 711. The number of carbonyl (C=O) groups is 1. The molecule has 1 aliphatic heterocycles. The van der Waals surface area contributed by atoms with Gasteiger partial charge in [0.25, 0.3) is 0 Å². The van der Waals surface area contributed by atoms with E-state index in [9.17, 15) is 9.90 Å². The van der Waals surface area contributed by atoms with Gasteiger partial charge in [-0.25, -0.2) is 4.79 Å². The van der Waals surface area contributed by atoms with Crippen LogP contribution in [0.5, 0.6) is 11.5 Å². The van der Waals surface area contributed by atoms with Crippen molar-refractivity contribution in [1.29, 1.82) is 0 Å². The fraction of sp³-hybridized carbons (Fsp3) is 0.188. The number of hydrogen-bond donors (Lipinski definition) is 3. The minimum absolute atomic E-state index is 0.0663. The van der Waals surface area contributed by atoms with E-state index >= 15 is 0 Å². The maximum Gasteiger partial charge on any atom is 0.335 e. The van der Waals surface area contributed by atoms with E-state index in [-0.39, 0.29) is 17.4 Å². The van der Waals surface area contributed by atoms with Crippen molar-refractivity contribution < 1.29 is 19.7 Å². The van der Waals surface area contributed by atoms with Crippen molar-refractivity contribution in [3.8, 4) is 11.5 Å². The Morgan fingerprint density at radius 1 is 1.29 bits per heavy atom. The number of fused-ring (bicyclic) bond motifs is 1. The largest absolute Gasteiger partial charge is 0.508 e. The molecule has 0 saturated carbocycles. The van der Waals surface area contributed by atoms with Gasteiger partial charge in [-0.2, -0.15) is 0 Å². The van der Waals surface area contributed by atoms with Crippen molar-refractivity contribution in [3.63, 3.8) is 0 Å². The van der Waals surface area contributed by atoms with Crippen LogP contribution < -0.4 is 10.1 Å². The monoisotopic (exact) mass is 285 g/mol. The molecule has 3 rings (SSSR count). The van der Waals surface area contributed by atoms with Gasteiger partial charge >= 0.3 is 5.97 Å². The minimum Gasteiger partial charge on any atom is -0.508 e. The Morgan fingerprint density at radius 2 is 2.10 bits per heavy atom. The third-order valence-electron chi connectivity index (χ3n) is 3.59. The zero-order valence-corrected chi connectivity index (χ0v) is 11.5. The highest BCUT2D eigenvalue weighted by Gasteiger charge is 2.24. The van der Waals surface area contributed by atoms with Crippen LogP contribution in [0.3, 0.4) is 0 Å². The highest BCUT2D eigenvalue weighted by molar-refractivity contribution is 5.89. The average molecular weight is 285 g/mol. The topological polar surface area (TPSA) is 78.8 Å². The van der Waals surface area contributed by atoms with Gasteiger partial charge < -0.3 is 20.3 Å². The molecule has 0 spiro atoms. The van der Waals surface area contributed by atoms with E-state index in [1.165, 1.54) is 0 Å². The molecular formula is C16H15NO4. The summed E-state index contributed by atoms with van der Waals surface area (Å²) < 4.78 is 5.54. The predicted molar refractivity (Wildman–Crippen MR) is 78.1 cm³/mol. The van der Waals surface area contributed by atoms with E-state index < -0.39 is 5.97 Å². The fourth-order valence-corrected chi connectivity index (χ4v) is 2.42. The number of hydrogen-bond acceptors (Lipinski definition) is 4. The predicted octanol–water partition coefficient (Wildman–Crippen LogP) is 2.94. The summed E-state index contributed by atoms with van der Waals surface area (Å²) in [5.41, 5.74) is 2.93. The van der Waals surface area contributed by atoms with Crippen LogP contribution in [-0.2, 0) is 0 Å². The van der Waals surface area contributed by atoms with E-state index in [0.29, 0.717) is 12.4 Å². The molecule has 0 aromatic heterocycles. The maximum absolute atomic E-state index is 11.1. The summed E-state index contributed by atoms with van der Waals surface area (Å²) in [5.74, 6) is -0.135. The number of aromatic hydroxyl groups is 1. The van der Waals surface area contributed by atoms with Crippen molar-refractivity contribution in [1.82, 2.24) is 0 Å². The number of phenols is 1. The van der Waals surface area contributed by atoms with Crippen molar-refractivity contribution in [3.05, 3.63) is 53.1 Å². The molecule has 0 saturated heterocycles. The number of benzene rings is 2. The quantitative estimate of drug-likeness (QED) is 0.808. The highest BCUT2D eigenvalue weighted by atomic mass is 16.5. The highest BCUT2D eigenvalue weighted by Crippen LogP contribution is 2.37. The molecule has 1 atom stereocenters. The van der Waals surface area contributed by atoms with E-state index in [2.05, 4.69) is 5.32 Å². The van der Waals surface area contributed by atoms with Gasteiger partial charge in [0.15, 0.2) is 0 Å². The lowest BCUT2D eigenvalue weighted by atomic mass is 10.1. The van der Waals surface area contributed by atoms with E-state index in [1.807, 2.05) is 13.0 Å². The van der Waals surface area contributed by atoms with E-state index in [4.69, 9.17) is 9.84 Å². The first-order valence-corrected chi connectivity index (χ1v) is 6.61. The molecule has 1 unspecified atom stereocenters. The Morgan fingerprint density at radius 3 is 2.86 bits per heavy atom. The van der Waals surface area contributed by atoms with Crippen LogP contribution in [0.2, 0.25) is 0 Å². The zero-order valence-electron chi connectivity index (χ0n) is 11.5. The lowest BCUT2D eigenvalue weighted by molar-refractivity contribution is 0.0697. The summed E-state index contributed by atoms with van der Waals surface area (Å²) in [6.07, 6.45) is 0. The third-order valence-corrected chi connectivity index (χ3v) is 3.59. The number of rotatable bonds is 3. The molecule has 0 fully saturated rings. The van der Waals surface area contributed by atoms with Crippen molar-refractivity contribution >= 4 is 11.7 Å². The van der Waals surface area contributed by atoms with E-state index in [1.54, 1.807) is 30.3 Å². The molecule has 0 amide bonds. The summed E-state index contributed by atoms with van der Waals surface area (Å²) >= 11 is 0. The van der Waals surface area contributed by atoms with E-state index in [0.717, 1.165) is 16.8 Å². The molecule has 0 radical (unpaired) electrons. The molecule has 3 N–H and O–H groups in total. The fourth-order valence-electron chi connectivity index (χ4n) is 2.42. The molecule has 5 nitrogen and oxygen atoms in total. The van der Waals surface area contributed by atoms with Crippen molar-refractivity contribution in [2.24, 2.45) is 0 Å². The molecule has 21 heavy (non-hydrogen) atoms. The van der Waals surface area contributed by atoms with Crippen LogP contribution in [0.1, 0.15) is 27.5 Å². The van der Waals surface area contributed by atoms with Gasteiger partial charge in [0.2, 0.25) is 0 Å². The summed E-state index contributed by atoms with van der Waals surface area (Å²) in [6.45, 7) is 2.36. The molecule has 1 aliphatic rings. The summed E-state index contributed by atoms with van der Waals surface area (Å²) in [4.78, 5) is 11.1. The Balaban J connectivity index is 1.89. The second-order valence-corrected chi connectivity index (χ2v) is 5.06. The Kier molecular flexibility index (Phi) is 3.17. The maximum atomic E-state index is 11.1. The third kappa shape index (κ3) is 2.50. The first kappa shape index (κ1) is 13.3. The van der Waals surface area contributed by atoms with Crippen LogP contribution in [0.25, 0.3) is 0 Å². The number of carboxylic acid groups (broad SMARTS) is 1. The van der Waals surface area contributed by atoms with Gasteiger partial charge in [0.1, 0.15) is 18.1 Å². The normalized spacial score (nSPS) is 16.1.